The molecule has 0 unspecified atom stereocenters. The summed E-state index contributed by atoms with van der Waals surface area (Å²) in [6.07, 6.45) is 5.46. The van der Waals surface area contributed by atoms with Crippen LogP contribution in [0.4, 0.5) is 11.4 Å². The monoisotopic (exact) mass is 430 g/mol. The molecule has 0 amide bonds. The topological polar surface area (TPSA) is 104 Å². The van der Waals surface area contributed by atoms with Gasteiger partial charge in [0.25, 0.3) is 10.0 Å². The first kappa shape index (κ1) is 21.8. The Labute approximate surface area is 176 Å². The minimum atomic E-state index is -3.91. The summed E-state index contributed by atoms with van der Waals surface area (Å²) in [5.74, 6) is -1.25. The molecule has 1 fully saturated rings. The first-order chi connectivity index (χ1) is 14.3. The average Bonchev–Trinajstić information content (AvgIpc) is 2.68. The molecular weight excluding hydrogens is 404 g/mol. The molecule has 2 aromatic carbocycles. The van der Waals surface area contributed by atoms with Crippen molar-refractivity contribution in [2.45, 2.75) is 43.9 Å². The number of hydrogen-bond acceptors (Lipinski definition) is 5. The Bertz CT molecular complexity index is 1020. The van der Waals surface area contributed by atoms with E-state index in [0.29, 0.717) is 11.3 Å². The van der Waals surface area contributed by atoms with Crippen molar-refractivity contribution in [3.8, 4) is 0 Å². The van der Waals surface area contributed by atoms with E-state index in [9.17, 15) is 23.1 Å². The Morgan fingerprint density at radius 2 is 1.53 bits per heavy atom. The molecule has 1 saturated heterocycles. The van der Waals surface area contributed by atoms with Crippen molar-refractivity contribution in [3.63, 3.8) is 0 Å². The molecule has 0 aliphatic carbocycles. The summed E-state index contributed by atoms with van der Waals surface area (Å²) in [7, 11) is -3.91. The van der Waals surface area contributed by atoms with Crippen LogP contribution < -0.4 is 9.62 Å². The third-order valence-electron chi connectivity index (χ3n) is 5.25. The molecule has 7 nitrogen and oxygen atoms in total. The Kier molecular flexibility index (Phi) is 6.77. The number of carbonyl (C=O) groups is 2. The van der Waals surface area contributed by atoms with E-state index >= 15 is 0 Å². The molecule has 0 radical (unpaired) electrons. The molecule has 160 valence electrons. The predicted octanol–water partition coefficient (Wildman–Crippen LogP) is 4.16. The quantitative estimate of drug-likeness (QED) is 0.667. The zero-order valence-electron chi connectivity index (χ0n) is 16.9. The van der Waals surface area contributed by atoms with Crippen LogP contribution in [0.2, 0.25) is 0 Å². The summed E-state index contributed by atoms with van der Waals surface area (Å²) in [5.41, 5.74) is 1.28. The van der Waals surface area contributed by atoms with Crippen molar-refractivity contribution < 1.29 is 23.1 Å². The average molecular weight is 431 g/mol. The van der Waals surface area contributed by atoms with Crippen LogP contribution in [0, 0.1) is 0 Å². The lowest BCUT2D eigenvalue weighted by molar-refractivity contribution is 0.0697. The van der Waals surface area contributed by atoms with Gasteiger partial charge in [0.05, 0.1) is 16.1 Å². The summed E-state index contributed by atoms with van der Waals surface area (Å²) in [6, 6.07) is 10.2. The fourth-order valence-electron chi connectivity index (χ4n) is 3.62. The van der Waals surface area contributed by atoms with E-state index in [1.54, 1.807) is 12.1 Å². The van der Waals surface area contributed by atoms with Crippen LogP contribution in [0.5, 0.6) is 0 Å². The minimum Gasteiger partial charge on any atom is -0.478 e. The Morgan fingerprint density at radius 3 is 2.10 bits per heavy atom. The number of carbonyl (C=O) groups excluding carboxylic acids is 1. The largest absolute Gasteiger partial charge is 0.478 e. The van der Waals surface area contributed by atoms with Gasteiger partial charge in [-0.3, -0.25) is 9.52 Å². The van der Waals surface area contributed by atoms with Crippen LogP contribution in [0.25, 0.3) is 0 Å². The lowest BCUT2D eigenvalue weighted by atomic mass is 10.1. The number of sulfonamides is 1. The van der Waals surface area contributed by atoms with Gasteiger partial charge in [0, 0.05) is 24.3 Å². The second-order valence-corrected chi connectivity index (χ2v) is 9.16. The van der Waals surface area contributed by atoms with Crippen molar-refractivity contribution >= 4 is 33.2 Å². The number of carboxylic acid groups (broad SMARTS) is 1. The molecule has 1 aliphatic heterocycles. The third kappa shape index (κ3) is 5.18. The van der Waals surface area contributed by atoms with Crippen LogP contribution in [-0.4, -0.2) is 38.4 Å². The van der Waals surface area contributed by atoms with Gasteiger partial charge in [-0.2, -0.15) is 0 Å². The van der Waals surface area contributed by atoms with Crippen molar-refractivity contribution in [1.82, 2.24) is 0 Å². The predicted molar refractivity (Wildman–Crippen MR) is 116 cm³/mol. The number of carboxylic acids is 1. The van der Waals surface area contributed by atoms with E-state index in [-0.39, 0.29) is 21.9 Å². The zero-order valence-corrected chi connectivity index (χ0v) is 17.7. The van der Waals surface area contributed by atoms with Crippen LogP contribution >= 0.6 is 0 Å². The van der Waals surface area contributed by atoms with E-state index in [0.717, 1.165) is 38.8 Å². The maximum atomic E-state index is 12.7. The number of hydrogen-bond donors (Lipinski definition) is 2. The van der Waals surface area contributed by atoms with Crippen LogP contribution in [0.15, 0.2) is 47.4 Å². The standard InChI is InChI=1S/C22H26N2O5S/c1-16(25)17-7-10-19(11-8-17)30(28,29)23-18-9-12-21(20(15-18)22(26)27)24-13-5-3-2-4-6-14-24/h7-12,15,23H,2-6,13-14H2,1H3,(H,26,27). The Hall–Kier alpha value is -2.87. The molecule has 8 heteroatoms. The van der Waals surface area contributed by atoms with Gasteiger partial charge in [-0.25, -0.2) is 13.2 Å². The van der Waals surface area contributed by atoms with Crippen molar-refractivity contribution in [2.24, 2.45) is 0 Å². The second kappa shape index (κ2) is 9.30. The van der Waals surface area contributed by atoms with Gasteiger partial charge in [0.2, 0.25) is 0 Å². The maximum absolute atomic E-state index is 12.7. The highest BCUT2D eigenvalue weighted by Gasteiger charge is 2.20. The van der Waals surface area contributed by atoms with E-state index < -0.39 is 16.0 Å². The Balaban J connectivity index is 1.86. The fourth-order valence-corrected chi connectivity index (χ4v) is 4.67. The number of aromatic carboxylic acids is 1. The molecular formula is C22H26N2O5S. The number of rotatable bonds is 6. The highest BCUT2D eigenvalue weighted by atomic mass is 32.2. The molecule has 1 heterocycles. The molecule has 0 saturated carbocycles. The summed E-state index contributed by atoms with van der Waals surface area (Å²) in [5, 5.41) is 9.71. The molecule has 1 aliphatic rings. The highest BCUT2D eigenvalue weighted by Crippen LogP contribution is 2.28. The van der Waals surface area contributed by atoms with Gasteiger partial charge in [-0.15, -0.1) is 0 Å². The molecule has 0 bridgehead atoms. The maximum Gasteiger partial charge on any atom is 0.337 e. The molecule has 3 rings (SSSR count). The third-order valence-corrected chi connectivity index (χ3v) is 6.64. The molecule has 0 atom stereocenters. The summed E-state index contributed by atoms with van der Waals surface area (Å²) >= 11 is 0. The van der Waals surface area contributed by atoms with E-state index in [1.165, 1.54) is 43.7 Å². The zero-order chi connectivity index (χ0) is 21.7. The lowest BCUT2D eigenvalue weighted by Crippen LogP contribution is -2.28. The number of ketones is 1. The number of anilines is 2. The Morgan fingerprint density at radius 1 is 0.933 bits per heavy atom. The molecule has 2 N–H and O–H groups in total. The molecule has 0 spiro atoms. The highest BCUT2D eigenvalue weighted by molar-refractivity contribution is 7.92. The normalized spacial score (nSPS) is 15.2. The van der Waals surface area contributed by atoms with Gasteiger partial charge >= 0.3 is 5.97 Å². The number of nitrogens with zero attached hydrogens (tertiary/aromatic N) is 1. The van der Waals surface area contributed by atoms with Crippen molar-refractivity contribution in [2.75, 3.05) is 22.7 Å². The SMILES string of the molecule is CC(=O)c1ccc(S(=O)(=O)Nc2ccc(N3CCCCCCC3)c(C(=O)O)c2)cc1. The summed E-state index contributed by atoms with van der Waals surface area (Å²) < 4.78 is 27.8. The lowest BCUT2D eigenvalue weighted by Gasteiger charge is -2.28. The van der Waals surface area contributed by atoms with Gasteiger partial charge in [-0.05, 0) is 50.1 Å². The first-order valence-corrected chi connectivity index (χ1v) is 11.5. The molecule has 0 aromatic heterocycles. The van der Waals surface area contributed by atoms with Crippen LogP contribution in [-0.2, 0) is 10.0 Å². The molecule has 2 aromatic rings. The summed E-state index contributed by atoms with van der Waals surface area (Å²) in [4.78, 5) is 25.3. The van der Waals surface area contributed by atoms with Gasteiger partial charge in [0.15, 0.2) is 5.78 Å². The first-order valence-electron chi connectivity index (χ1n) is 10.0. The molecule has 30 heavy (non-hydrogen) atoms. The van der Waals surface area contributed by atoms with E-state index in [4.69, 9.17) is 0 Å². The smallest absolute Gasteiger partial charge is 0.337 e. The van der Waals surface area contributed by atoms with Crippen LogP contribution in [0.1, 0.15) is 59.7 Å². The van der Waals surface area contributed by atoms with E-state index in [1.807, 2.05) is 0 Å². The van der Waals surface area contributed by atoms with E-state index in [2.05, 4.69) is 9.62 Å². The van der Waals surface area contributed by atoms with Gasteiger partial charge in [0.1, 0.15) is 0 Å². The van der Waals surface area contributed by atoms with Gasteiger partial charge < -0.3 is 10.0 Å². The number of Topliss-reactive ketones (excluding diaryl/α,β-unsaturated/α-hetero) is 1. The second-order valence-electron chi connectivity index (χ2n) is 7.48. The number of nitrogens with one attached hydrogen (secondary N) is 1. The van der Waals surface area contributed by atoms with Crippen molar-refractivity contribution in [1.29, 1.82) is 0 Å². The van der Waals surface area contributed by atoms with Gasteiger partial charge in [-0.1, -0.05) is 31.4 Å². The summed E-state index contributed by atoms with van der Waals surface area (Å²) in [6.45, 7) is 2.98. The minimum absolute atomic E-state index is 0.00257. The fraction of sp³-hybridized carbons (Fsp3) is 0.364. The van der Waals surface area contributed by atoms with Crippen LogP contribution in [0.3, 0.4) is 0 Å². The number of benzene rings is 2. The van der Waals surface area contributed by atoms with Crippen molar-refractivity contribution in [3.05, 3.63) is 53.6 Å².